The fourth-order valence-electron chi connectivity index (χ4n) is 2.01. The van der Waals surface area contributed by atoms with Gasteiger partial charge in [0.25, 0.3) is 0 Å². The lowest BCUT2D eigenvalue weighted by atomic mass is 9.95. The molecule has 17 heavy (non-hydrogen) atoms. The number of benzene rings is 2. The summed E-state index contributed by atoms with van der Waals surface area (Å²) in [5, 5.41) is 9.06. The number of hydrogen-bond acceptors (Lipinski definition) is 1. The van der Waals surface area contributed by atoms with Gasteiger partial charge in [0.1, 0.15) is 5.82 Å². The summed E-state index contributed by atoms with van der Waals surface area (Å²) < 4.78 is 13.3. The Morgan fingerprint density at radius 1 is 0.941 bits per heavy atom. The van der Waals surface area contributed by atoms with Crippen LogP contribution in [0.3, 0.4) is 0 Å². The zero-order valence-corrected chi connectivity index (χ0v) is 10.00. The molecule has 0 fully saturated rings. The zero-order valence-electron chi connectivity index (χ0n) is 10.00. The highest BCUT2D eigenvalue weighted by Gasteiger charge is 2.07. The van der Waals surface area contributed by atoms with Gasteiger partial charge in [-0.1, -0.05) is 24.3 Å². The summed E-state index contributed by atoms with van der Waals surface area (Å²) in [6.07, 6.45) is 0. The second-order valence-electron chi connectivity index (χ2n) is 4.27. The maximum Gasteiger partial charge on any atom is 0.123 e. The van der Waals surface area contributed by atoms with Crippen LogP contribution in [0.2, 0.25) is 0 Å². The van der Waals surface area contributed by atoms with E-state index in [1.54, 1.807) is 12.1 Å². The number of aliphatic hydroxyl groups excluding tert-OH is 1. The highest BCUT2D eigenvalue weighted by molar-refractivity contribution is 5.70. The second-order valence-corrected chi connectivity index (χ2v) is 4.27. The van der Waals surface area contributed by atoms with E-state index in [1.807, 2.05) is 32.0 Å². The largest absolute Gasteiger partial charge is 0.392 e. The third-order valence-electron chi connectivity index (χ3n) is 2.96. The smallest absolute Gasteiger partial charge is 0.123 e. The fraction of sp³-hybridized carbons (Fsp3) is 0.200. The standard InChI is InChI=1S/C15H15FO/c1-10-3-5-13(16)8-15(10)14-6-4-12(9-17)7-11(14)2/h3-8,17H,9H2,1-2H3. The summed E-state index contributed by atoms with van der Waals surface area (Å²) >= 11 is 0. The molecule has 0 amide bonds. The summed E-state index contributed by atoms with van der Waals surface area (Å²) in [7, 11) is 0. The first-order valence-corrected chi connectivity index (χ1v) is 5.58. The molecule has 2 aromatic carbocycles. The van der Waals surface area contributed by atoms with E-state index in [0.717, 1.165) is 27.8 Å². The number of aryl methyl sites for hydroxylation is 2. The topological polar surface area (TPSA) is 20.2 Å². The van der Waals surface area contributed by atoms with Crippen molar-refractivity contribution in [1.82, 2.24) is 0 Å². The Balaban J connectivity index is 2.56. The molecule has 0 aliphatic carbocycles. The lowest BCUT2D eigenvalue weighted by Gasteiger charge is -2.10. The normalized spacial score (nSPS) is 10.6. The first kappa shape index (κ1) is 11.8. The van der Waals surface area contributed by atoms with Crippen LogP contribution in [0.15, 0.2) is 36.4 Å². The molecule has 0 heterocycles. The van der Waals surface area contributed by atoms with Gasteiger partial charge in [-0.15, -0.1) is 0 Å². The van der Waals surface area contributed by atoms with Crippen LogP contribution in [0, 0.1) is 19.7 Å². The number of rotatable bonds is 2. The van der Waals surface area contributed by atoms with Gasteiger partial charge in [0.15, 0.2) is 0 Å². The summed E-state index contributed by atoms with van der Waals surface area (Å²) in [5.74, 6) is -0.226. The molecule has 0 bridgehead atoms. The molecule has 0 atom stereocenters. The minimum atomic E-state index is -0.226. The summed E-state index contributed by atoms with van der Waals surface area (Å²) in [6, 6.07) is 10.5. The van der Waals surface area contributed by atoms with Gasteiger partial charge in [-0.05, 0) is 53.8 Å². The Bertz CT molecular complexity index is 547. The van der Waals surface area contributed by atoms with Crippen molar-refractivity contribution in [2.24, 2.45) is 0 Å². The molecule has 2 heteroatoms. The third-order valence-corrected chi connectivity index (χ3v) is 2.96. The van der Waals surface area contributed by atoms with Gasteiger partial charge in [-0.3, -0.25) is 0 Å². The van der Waals surface area contributed by atoms with E-state index in [4.69, 9.17) is 5.11 Å². The SMILES string of the molecule is Cc1cc(CO)ccc1-c1cc(F)ccc1C. The molecule has 0 aliphatic heterocycles. The lowest BCUT2D eigenvalue weighted by Crippen LogP contribution is -1.91. The maximum absolute atomic E-state index is 13.3. The molecule has 1 N–H and O–H groups in total. The Labute approximate surface area is 101 Å². The van der Waals surface area contributed by atoms with Crippen LogP contribution < -0.4 is 0 Å². The molecule has 0 unspecified atom stereocenters. The van der Waals surface area contributed by atoms with Crippen molar-refractivity contribution in [2.75, 3.05) is 0 Å². The fourth-order valence-corrected chi connectivity index (χ4v) is 2.01. The van der Waals surface area contributed by atoms with E-state index >= 15 is 0 Å². The average Bonchev–Trinajstić information content (AvgIpc) is 2.32. The minimum Gasteiger partial charge on any atom is -0.392 e. The van der Waals surface area contributed by atoms with Gasteiger partial charge in [-0.2, -0.15) is 0 Å². The van der Waals surface area contributed by atoms with Crippen LogP contribution >= 0.6 is 0 Å². The number of halogens is 1. The molecular formula is C15H15FO. The highest BCUT2D eigenvalue weighted by atomic mass is 19.1. The van der Waals surface area contributed by atoms with Gasteiger partial charge in [0.05, 0.1) is 6.61 Å². The van der Waals surface area contributed by atoms with Crippen molar-refractivity contribution in [3.8, 4) is 11.1 Å². The average molecular weight is 230 g/mol. The molecule has 2 rings (SSSR count). The van der Waals surface area contributed by atoms with Crippen LogP contribution in [0.1, 0.15) is 16.7 Å². The van der Waals surface area contributed by atoms with Crippen LogP contribution in [-0.2, 0) is 6.61 Å². The highest BCUT2D eigenvalue weighted by Crippen LogP contribution is 2.28. The molecule has 2 aromatic rings. The Morgan fingerprint density at radius 3 is 2.35 bits per heavy atom. The van der Waals surface area contributed by atoms with Crippen molar-refractivity contribution < 1.29 is 9.50 Å². The minimum absolute atomic E-state index is 0.0310. The Kier molecular flexibility index (Phi) is 3.25. The zero-order chi connectivity index (χ0) is 12.4. The lowest BCUT2D eigenvalue weighted by molar-refractivity contribution is 0.282. The first-order chi connectivity index (χ1) is 8.11. The molecule has 0 aromatic heterocycles. The van der Waals surface area contributed by atoms with E-state index < -0.39 is 0 Å². The van der Waals surface area contributed by atoms with E-state index in [-0.39, 0.29) is 12.4 Å². The monoisotopic (exact) mass is 230 g/mol. The quantitative estimate of drug-likeness (QED) is 0.835. The van der Waals surface area contributed by atoms with Crippen LogP contribution in [0.4, 0.5) is 4.39 Å². The Hall–Kier alpha value is -1.67. The van der Waals surface area contributed by atoms with Crippen LogP contribution in [0.5, 0.6) is 0 Å². The van der Waals surface area contributed by atoms with Crippen molar-refractivity contribution in [3.63, 3.8) is 0 Å². The number of aliphatic hydroxyl groups is 1. The van der Waals surface area contributed by atoms with Gasteiger partial charge in [0.2, 0.25) is 0 Å². The van der Waals surface area contributed by atoms with Gasteiger partial charge < -0.3 is 5.11 Å². The summed E-state index contributed by atoms with van der Waals surface area (Å²) in [5.41, 5.74) is 4.89. The molecule has 0 saturated carbocycles. The van der Waals surface area contributed by atoms with E-state index in [0.29, 0.717) is 0 Å². The van der Waals surface area contributed by atoms with Crippen molar-refractivity contribution in [2.45, 2.75) is 20.5 Å². The van der Waals surface area contributed by atoms with Crippen molar-refractivity contribution in [3.05, 3.63) is 58.9 Å². The second kappa shape index (κ2) is 4.68. The molecule has 0 radical (unpaired) electrons. The van der Waals surface area contributed by atoms with E-state index in [1.165, 1.54) is 6.07 Å². The molecule has 0 aliphatic rings. The molecule has 0 spiro atoms. The van der Waals surface area contributed by atoms with Gasteiger partial charge >= 0.3 is 0 Å². The van der Waals surface area contributed by atoms with E-state index in [2.05, 4.69) is 0 Å². The molecule has 0 saturated heterocycles. The predicted molar refractivity (Wildman–Crippen MR) is 67.2 cm³/mol. The predicted octanol–water partition coefficient (Wildman–Crippen LogP) is 3.60. The van der Waals surface area contributed by atoms with Gasteiger partial charge in [-0.25, -0.2) is 4.39 Å². The molecular weight excluding hydrogens is 215 g/mol. The molecule has 1 nitrogen and oxygen atoms in total. The number of hydrogen-bond donors (Lipinski definition) is 1. The van der Waals surface area contributed by atoms with E-state index in [9.17, 15) is 4.39 Å². The summed E-state index contributed by atoms with van der Waals surface area (Å²) in [6.45, 7) is 3.97. The first-order valence-electron chi connectivity index (χ1n) is 5.58. The maximum atomic E-state index is 13.3. The summed E-state index contributed by atoms with van der Waals surface area (Å²) in [4.78, 5) is 0. The molecule has 88 valence electrons. The van der Waals surface area contributed by atoms with Crippen molar-refractivity contribution in [1.29, 1.82) is 0 Å². The van der Waals surface area contributed by atoms with Crippen LogP contribution in [-0.4, -0.2) is 5.11 Å². The Morgan fingerprint density at radius 2 is 1.71 bits per heavy atom. The van der Waals surface area contributed by atoms with Crippen molar-refractivity contribution >= 4 is 0 Å². The van der Waals surface area contributed by atoms with Gasteiger partial charge in [0, 0.05) is 0 Å². The third kappa shape index (κ3) is 2.37. The van der Waals surface area contributed by atoms with Crippen LogP contribution in [0.25, 0.3) is 11.1 Å².